The SMILES string of the molecule is CC(C)(C)c1cn2nc(N3CCC(C(O)c4ncc[nH]4)CC3)sc2n1. The van der Waals surface area contributed by atoms with Crippen molar-refractivity contribution < 1.29 is 5.11 Å². The number of aromatic amines is 1. The fourth-order valence-electron chi connectivity index (χ4n) is 3.25. The van der Waals surface area contributed by atoms with Gasteiger partial charge >= 0.3 is 0 Å². The van der Waals surface area contributed by atoms with Crippen LogP contribution in [0.3, 0.4) is 0 Å². The molecule has 0 saturated carbocycles. The zero-order chi connectivity index (χ0) is 17.6. The first-order chi connectivity index (χ1) is 11.9. The molecule has 7 nitrogen and oxygen atoms in total. The van der Waals surface area contributed by atoms with Crippen molar-refractivity contribution in [2.75, 3.05) is 18.0 Å². The van der Waals surface area contributed by atoms with Gasteiger partial charge in [-0.05, 0) is 18.8 Å². The molecule has 1 atom stereocenters. The number of aliphatic hydroxyl groups excluding tert-OH is 1. The Morgan fingerprint density at radius 1 is 1.32 bits per heavy atom. The fraction of sp³-hybridized carbons (Fsp3) is 0.588. The van der Waals surface area contributed by atoms with Crippen molar-refractivity contribution in [3.8, 4) is 0 Å². The van der Waals surface area contributed by atoms with E-state index in [0.29, 0.717) is 5.82 Å². The smallest absolute Gasteiger partial charge is 0.214 e. The van der Waals surface area contributed by atoms with Crippen LogP contribution in [-0.2, 0) is 5.41 Å². The molecule has 1 saturated heterocycles. The summed E-state index contributed by atoms with van der Waals surface area (Å²) in [5, 5.41) is 16.2. The Morgan fingerprint density at radius 2 is 2.08 bits per heavy atom. The second kappa shape index (κ2) is 6.10. The van der Waals surface area contributed by atoms with Gasteiger partial charge in [0.15, 0.2) is 0 Å². The third-order valence-corrected chi connectivity index (χ3v) is 5.84. The highest BCUT2D eigenvalue weighted by molar-refractivity contribution is 7.20. The number of nitrogens with zero attached hydrogens (tertiary/aromatic N) is 5. The van der Waals surface area contributed by atoms with Crippen LogP contribution in [-0.4, -0.2) is 42.8 Å². The Morgan fingerprint density at radius 3 is 2.68 bits per heavy atom. The molecule has 134 valence electrons. The summed E-state index contributed by atoms with van der Waals surface area (Å²) in [5.74, 6) is 0.903. The maximum absolute atomic E-state index is 10.4. The largest absolute Gasteiger partial charge is 0.385 e. The monoisotopic (exact) mass is 360 g/mol. The Kier molecular flexibility index (Phi) is 4.04. The standard InChI is InChI=1S/C17H24N6OS/c1-17(2,3)12-10-23-15(20-12)25-16(21-23)22-8-4-11(5-9-22)13(24)14-18-6-7-19-14/h6-7,10-11,13,24H,4-5,8-9H2,1-3H3,(H,18,19). The molecular weight excluding hydrogens is 336 g/mol. The number of hydrogen-bond acceptors (Lipinski definition) is 6. The van der Waals surface area contributed by atoms with E-state index in [0.717, 1.165) is 41.7 Å². The minimum absolute atomic E-state index is 0.0356. The van der Waals surface area contributed by atoms with Gasteiger partial charge in [0, 0.05) is 30.9 Å². The molecule has 3 aromatic heterocycles. The molecule has 1 aliphatic heterocycles. The highest BCUT2D eigenvalue weighted by atomic mass is 32.1. The highest BCUT2D eigenvalue weighted by Gasteiger charge is 2.29. The van der Waals surface area contributed by atoms with Crippen LogP contribution in [0.15, 0.2) is 18.6 Å². The highest BCUT2D eigenvalue weighted by Crippen LogP contribution is 2.33. The number of nitrogens with one attached hydrogen (secondary N) is 1. The normalized spacial score (nSPS) is 18.2. The lowest BCUT2D eigenvalue weighted by Gasteiger charge is -2.33. The van der Waals surface area contributed by atoms with E-state index < -0.39 is 6.10 Å². The van der Waals surface area contributed by atoms with E-state index in [-0.39, 0.29) is 11.3 Å². The maximum atomic E-state index is 10.4. The Hall–Kier alpha value is -1.93. The molecule has 0 spiro atoms. The molecule has 0 amide bonds. The average molecular weight is 360 g/mol. The van der Waals surface area contributed by atoms with Gasteiger partial charge in [-0.25, -0.2) is 14.5 Å². The minimum Gasteiger partial charge on any atom is -0.385 e. The second-order valence-corrected chi connectivity index (χ2v) is 8.67. The Balaban J connectivity index is 1.44. The first-order valence-corrected chi connectivity index (χ1v) is 9.52. The van der Waals surface area contributed by atoms with Crippen LogP contribution in [0.1, 0.15) is 51.2 Å². The van der Waals surface area contributed by atoms with Crippen molar-refractivity contribution in [2.45, 2.75) is 45.1 Å². The van der Waals surface area contributed by atoms with E-state index in [1.165, 1.54) is 0 Å². The minimum atomic E-state index is -0.514. The number of piperidine rings is 1. The summed E-state index contributed by atoms with van der Waals surface area (Å²) < 4.78 is 1.89. The number of hydrogen-bond donors (Lipinski definition) is 2. The third-order valence-electron chi connectivity index (χ3n) is 4.86. The number of H-pyrrole nitrogens is 1. The summed E-state index contributed by atoms with van der Waals surface area (Å²) >= 11 is 1.63. The zero-order valence-electron chi connectivity index (χ0n) is 14.8. The number of aliphatic hydroxyl groups is 1. The molecule has 0 aliphatic carbocycles. The summed E-state index contributed by atoms with van der Waals surface area (Å²) in [6.45, 7) is 8.27. The van der Waals surface area contributed by atoms with Crippen molar-refractivity contribution in [2.24, 2.45) is 5.92 Å². The first kappa shape index (κ1) is 16.5. The predicted molar refractivity (Wildman–Crippen MR) is 98.0 cm³/mol. The van der Waals surface area contributed by atoms with E-state index >= 15 is 0 Å². The number of imidazole rings is 2. The lowest BCUT2D eigenvalue weighted by atomic mass is 9.91. The number of fused-ring (bicyclic) bond motifs is 1. The first-order valence-electron chi connectivity index (χ1n) is 8.71. The molecule has 1 unspecified atom stereocenters. The molecule has 8 heteroatoms. The lowest BCUT2D eigenvalue weighted by Crippen LogP contribution is -2.35. The van der Waals surface area contributed by atoms with Gasteiger partial charge in [-0.2, -0.15) is 0 Å². The predicted octanol–water partition coefficient (Wildman–Crippen LogP) is 2.76. The topological polar surface area (TPSA) is 82.3 Å². The van der Waals surface area contributed by atoms with E-state index in [1.807, 2.05) is 10.7 Å². The maximum Gasteiger partial charge on any atom is 0.214 e. The van der Waals surface area contributed by atoms with E-state index in [4.69, 9.17) is 10.1 Å². The summed E-state index contributed by atoms with van der Waals surface area (Å²) in [4.78, 5) is 15.1. The van der Waals surface area contributed by atoms with E-state index in [1.54, 1.807) is 23.7 Å². The van der Waals surface area contributed by atoms with Gasteiger partial charge in [-0.3, -0.25) is 0 Å². The van der Waals surface area contributed by atoms with Gasteiger partial charge in [0.1, 0.15) is 11.9 Å². The van der Waals surface area contributed by atoms with Gasteiger partial charge in [0.2, 0.25) is 10.1 Å². The van der Waals surface area contributed by atoms with Crippen molar-refractivity contribution >= 4 is 21.4 Å². The molecule has 3 aromatic rings. The third kappa shape index (κ3) is 3.16. The molecule has 4 rings (SSSR count). The lowest BCUT2D eigenvalue weighted by molar-refractivity contribution is 0.0857. The van der Waals surface area contributed by atoms with Crippen LogP contribution in [0.4, 0.5) is 5.13 Å². The van der Waals surface area contributed by atoms with Crippen molar-refractivity contribution in [1.82, 2.24) is 24.6 Å². The van der Waals surface area contributed by atoms with Gasteiger partial charge in [-0.15, -0.1) is 5.10 Å². The van der Waals surface area contributed by atoms with Crippen molar-refractivity contribution in [3.63, 3.8) is 0 Å². The van der Waals surface area contributed by atoms with Crippen LogP contribution < -0.4 is 4.90 Å². The van der Waals surface area contributed by atoms with Gasteiger partial charge < -0.3 is 15.0 Å². The Labute approximate surface area is 150 Å². The Bertz CT molecular complexity index is 807. The molecule has 0 radical (unpaired) electrons. The summed E-state index contributed by atoms with van der Waals surface area (Å²) in [6, 6.07) is 0. The van der Waals surface area contributed by atoms with Crippen LogP contribution >= 0.6 is 11.3 Å². The van der Waals surface area contributed by atoms with E-state index in [2.05, 4.69) is 35.6 Å². The van der Waals surface area contributed by atoms with Crippen LogP contribution in [0, 0.1) is 5.92 Å². The molecule has 25 heavy (non-hydrogen) atoms. The second-order valence-electron chi connectivity index (χ2n) is 7.73. The molecule has 4 heterocycles. The molecule has 1 aliphatic rings. The van der Waals surface area contributed by atoms with Crippen LogP contribution in [0.5, 0.6) is 0 Å². The van der Waals surface area contributed by atoms with Crippen molar-refractivity contribution in [1.29, 1.82) is 0 Å². The molecule has 2 N–H and O–H groups in total. The zero-order valence-corrected chi connectivity index (χ0v) is 15.6. The molecular formula is C17H24N6OS. The summed E-state index contributed by atoms with van der Waals surface area (Å²) in [6.07, 6.45) is 6.81. The van der Waals surface area contributed by atoms with E-state index in [9.17, 15) is 5.11 Å². The number of aromatic nitrogens is 5. The molecule has 0 aromatic carbocycles. The van der Waals surface area contributed by atoms with Gasteiger partial charge in [-0.1, -0.05) is 32.1 Å². The van der Waals surface area contributed by atoms with Crippen LogP contribution in [0.25, 0.3) is 4.96 Å². The van der Waals surface area contributed by atoms with Crippen LogP contribution in [0.2, 0.25) is 0 Å². The average Bonchev–Trinajstić information content (AvgIpc) is 3.29. The van der Waals surface area contributed by atoms with Gasteiger partial charge in [0.25, 0.3) is 0 Å². The number of rotatable bonds is 3. The summed E-state index contributed by atoms with van der Waals surface area (Å²) in [5.41, 5.74) is 1.10. The molecule has 0 bridgehead atoms. The molecule has 1 fully saturated rings. The fourth-order valence-corrected chi connectivity index (χ4v) is 4.18. The van der Waals surface area contributed by atoms with Gasteiger partial charge in [0.05, 0.1) is 11.9 Å². The van der Waals surface area contributed by atoms with Crippen molar-refractivity contribution in [3.05, 3.63) is 30.1 Å². The number of anilines is 1. The summed E-state index contributed by atoms with van der Waals surface area (Å²) in [7, 11) is 0. The quantitative estimate of drug-likeness (QED) is 0.750.